The Labute approximate surface area is 118 Å². The summed E-state index contributed by atoms with van der Waals surface area (Å²) in [4.78, 5) is 23.2. The molecule has 4 atom stereocenters. The van der Waals surface area contributed by atoms with E-state index in [1.165, 1.54) is 6.92 Å². The van der Waals surface area contributed by atoms with Crippen LogP contribution < -0.4 is 11.3 Å². The summed E-state index contributed by atoms with van der Waals surface area (Å²) in [5.41, 5.74) is 1.05. The smallest absolute Gasteiger partial charge is 0.268 e. The molecule has 1 aromatic rings. The first-order valence-electron chi connectivity index (χ1n) is 6.09. The molecule has 5 N–H and O–H groups in total. The van der Waals surface area contributed by atoms with Gasteiger partial charge in [0.25, 0.3) is 11.5 Å². The molecule has 21 heavy (non-hydrogen) atoms. The number of halogens is 1. The van der Waals surface area contributed by atoms with E-state index in [1.54, 1.807) is 0 Å². The van der Waals surface area contributed by atoms with Crippen molar-refractivity contribution in [3.8, 4) is 0 Å². The molecular weight excluding hydrogens is 287 g/mol. The van der Waals surface area contributed by atoms with Crippen molar-refractivity contribution in [2.75, 3.05) is 6.61 Å². The van der Waals surface area contributed by atoms with Crippen molar-refractivity contribution in [1.82, 2.24) is 4.57 Å². The standard InChI is InChI=1S/C12H15FN2O6/c1-12(20)8(17)6(4-16)21-11(12)15-3-2-5(13)7(9(14)18)10(15)19/h2-3,6,8,11,16-17,20H,4H2,1H3,(H2,14,18). The molecule has 116 valence electrons. The zero-order chi connectivity index (χ0) is 15.9. The van der Waals surface area contributed by atoms with Gasteiger partial charge in [0.1, 0.15) is 29.2 Å². The van der Waals surface area contributed by atoms with Gasteiger partial charge in [-0.05, 0) is 13.0 Å². The predicted molar refractivity (Wildman–Crippen MR) is 66.8 cm³/mol. The first-order valence-corrected chi connectivity index (χ1v) is 6.09. The molecule has 0 saturated carbocycles. The van der Waals surface area contributed by atoms with E-state index in [-0.39, 0.29) is 0 Å². The van der Waals surface area contributed by atoms with E-state index in [9.17, 15) is 24.2 Å². The van der Waals surface area contributed by atoms with Gasteiger partial charge < -0.3 is 25.8 Å². The number of aliphatic hydroxyl groups is 3. The Morgan fingerprint density at radius 2 is 2.24 bits per heavy atom. The number of pyridine rings is 1. The SMILES string of the molecule is CC1(O)C(O)C(CO)OC1n1ccc(F)c(C(N)=O)c1=O. The highest BCUT2D eigenvalue weighted by molar-refractivity contribution is 5.92. The van der Waals surface area contributed by atoms with Crippen LogP contribution in [0.3, 0.4) is 0 Å². The lowest BCUT2D eigenvalue weighted by molar-refractivity contribution is -0.0983. The number of rotatable bonds is 3. The normalized spacial score (nSPS) is 32.3. The van der Waals surface area contributed by atoms with E-state index in [4.69, 9.17) is 15.6 Å². The quantitative estimate of drug-likeness (QED) is 0.514. The van der Waals surface area contributed by atoms with Crippen LogP contribution >= 0.6 is 0 Å². The van der Waals surface area contributed by atoms with Crippen molar-refractivity contribution in [3.63, 3.8) is 0 Å². The van der Waals surface area contributed by atoms with E-state index in [0.29, 0.717) is 0 Å². The van der Waals surface area contributed by atoms with Crippen LogP contribution in [0.1, 0.15) is 23.5 Å². The van der Waals surface area contributed by atoms with Gasteiger partial charge in [0.05, 0.1) is 6.61 Å². The van der Waals surface area contributed by atoms with Crippen molar-refractivity contribution in [3.05, 3.63) is 34.0 Å². The second kappa shape index (κ2) is 5.19. The average molecular weight is 302 g/mol. The minimum atomic E-state index is -1.93. The maximum Gasteiger partial charge on any atom is 0.268 e. The van der Waals surface area contributed by atoms with E-state index in [0.717, 1.165) is 16.8 Å². The lowest BCUT2D eigenvalue weighted by Crippen LogP contribution is -2.46. The molecule has 9 heteroatoms. The van der Waals surface area contributed by atoms with Crippen molar-refractivity contribution in [2.45, 2.75) is 31.0 Å². The average Bonchev–Trinajstić information content (AvgIpc) is 2.61. The van der Waals surface area contributed by atoms with Crippen LogP contribution in [0.5, 0.6) is 0 Å². The monoisotopic (exact) mass is 302 g/mol. The molecule has 0 spiro atoms. The number of carbonyl (C=O) groups is 1. The molecule has 0 aromatic carbocycles. The summed E-state index contributed by atoms with van der Waals surface area (Å²) in [5, 5.41) is 29.2. The molecule has 0 aliphatic carbocycles. The summed E-state index contributed by atoms with van der Waals surface area (Å²) in [6.45, 7) is 0.601. The third kappa shape index (κ3) is 2.33. The van der Waals surface area contributed by atoms with Crippen LogP contribution in [0.25, 0.3) is 0 Å². The highest BCUT2D eigenvalue weighted by Crippen LogP contribution is 2.37. The molecule has 1 aliphatic rings. The molecule has 0 bridgehead atoms. The number of primary amides is 1. The van der Waals surface area contributed by atoms with Crippen molar-refractivity contribution in [1.29, 1.82) is 0 Å². The highest BCUT2D eigenvalue weighted by Gasteiger charge is 2.53. The number of hydrogen-bond donors (Lipinski definition) is 4. The number of aromatic nitrogens is 1. The van der Waals surface area contributed by atoms with E-state index in [2.05, 4.69) is 0 Å². The number of aliphatic hydroxyl groups excluding tert-OH is 2. The van der Waals surface area contributed by atoms with Gasteiger partial charge in [-0.25, -0.2) is 4.39 Å². The van der Waals surface area contributed by atoms with Gasteiger partial charge in [0, 0.05) is 6.20 Å². The zero-order valence-electron chi connectivity index (χ0n) is 11.1. The number of ether oxygens (including phenoxy) is 1. The van der Waals surface area contributed by atoms with Gasteiger partial charge in [-0.2, -0.15) is 0 Å². The minimum Gasteiger partial charge on any atom is -0.394 e. The predicted octanol–water partition coefficient (Wildman–Crippen LogP) is -1.91. The second-order valence-corrected chi connectivity index (χ2v) is 5.00. The molecule has 1 fully saturated rings. The topological polar surface area (TPSA) is 135 Å². The van der Waals surface area contributed by atoms with Gasteiger partial charge in [-0.1, -0.05) is 0 Å². The maximum atomic E-state index is 13.5. The Balaban J connectivity index is 2.56. The van der Waals surface area contributed by atoms with Gasteiger partial charge in [-0.15, -0.1) is 0 Å². The fraction of sp³-hybridized carbons (Fsp3) is 0.500. The van der Waals surface area contributed by atoms with Crippen LogP contribution in [-0.2, 0) is 4.74 Å². The van der Waals surface area contributed by atoms with Gasteiger partial charge in [-0.3, -0.25) is 14.2 Å². The number of nitrogens with zero attached hydrogens (tertiary/aromatic N) is 1. The first-order chi connectivity index (χ1) is 9.71. The van der Waals surface area contributed by atoms with E-state index in [1.807, 2.05) is 0 Å². The fourth-order valence-corrected chi connectivity index (χ4v) is 2.33. The molecule has 2 heterocycles. The Morgan fingerprint density at radius 3 is 2.71 bits per heavy atom. The summed E-state index contributed by atoms with van der Waals surface area (Å²) < 4.78 is 19.4. The van der Waals surface area contributed by atoms with Crippen molar-refractivity contribution >= 4 is 5.91 Å². The number of nitrogens with two attached hydrogens (primary N) is 1. The summed E-state index contributed by atoms with van der Waals surface area (Å²) in [6, 6.07) is 0.819. The Morgan fingerprint density at radius 1 is 1.62 bits per heavy atom. The molecule has 0 radical (unpaired) electrons. The van der Waals surface area contributed by atoms with Crippen LogP contribution in [0, 0.1) is 5.82 Å². The number of amides is 1. The van der Waals surface area contributed by atoms with E-state index < -0.39 is 53.5 Å². The Kier molecular flexibility index (Phi) is 3.85. The maximum absolute atomic E-state index is 13.5. The van der Waals surface area contributed by atoms with Crippen LogP contribution in [0.4, 0.5) is 4.39 Å². The lowest BCUT2D eigenvalue weighted by atomic mass is 9.96. The van der Waals surface area contributed by atoms with Crippen LogP contribution in [0.15, 0.2) is 17.1 Å². The Bertz CT molecular complexity index is 629. The third-order valence-electron chi connectivity index (χ3n) is 3.50. The fourth-order valence-electron chi connectivity index (χ4n) is 2.33. The molecule has 1 aromatic heterocycles. The van der Waals surface area contributed by atoms with Crippen LogP contribution in [-0.4, -0.2) is 50.2 Å². The van der Waals surface area contributed by atoms with Gasteiger partial charge in [0.2, 0.25) is 0 Å². The van der Waals surface area contributed by atoms with Crippen molar-refractivity contribution < 1.29 is 29.2 Å². The van der Waals surface area contributed by atoms with Crippen molar-refractivity contribution in [2.24, 2.45) is 5.73 Å². The number of carbonyl (C=O) groups excluding carboxylic acids is 1. The minimum absolute atomic E-state index is 0.591. The van der Waals surface area contributed by atoms with Crippen LogP contribution in [0.2, 0.25) is 0 Å². The second-order valence-electron chi connectivity index (χ2n) is 5.00. The third-order valence-corrected chi connectivity index (χ3v) is 3.50. The molecule has 1 amide bonds. The Hall–Kier alpha value is -1.81. The first kappa shape index (κ1) is 15.6. The van der Waals surface area contributed by atoms with E-state index >= 15 is 0 Å². The summed E-state index contributed by atoms with van der Waals surface area (Å²) >= 11 is 0. The van der Waals surface area contributed by atoms with Gasteiger partial charge >= 0.3 is 0 Å². The molecule has 4 unspecified atom stereocenters. The number of hydrogen-bond acceptors (Lipinski definition) is 6. The molecule has 1 saturated heterocycles. The molecular formula is C12H15FN2O6. The zero-order valence-corrected chi connectivity index (χ0v) is 11.1. The lowest BCUT2D eigenvalue weighted by Gasteiger charge is -2.27. The summed E-state index contributed by atoms with van der Waals surface area (Å²) in [7, 11) is 0. The summed E-state index contributed by atoms with van der Waals surface area (Å²) in [6.07, 6.45) is -3.04. The molecule has 8 nitrogen and oxygen atoms in total. The van der Waals surface area contributed by atoms with Gasteiger partial charge in [0.15, 0.2) is 6.23 Å². The molecule has 2 rings (SSSR count). The highest BCUT2D eigenvalue weighted by atomic mass is 19.1. The molecule has 1 aliphatic heterocycles. The summed E-state index contributed by atoms with van der Waals surface area (Å²) in [5.74, 6) is -2.36. The largest absolute Gasteiger partial charge is 0.394 e.